The Morgan fingerprint density at radius 3 is 2.70 bits per heavy atom. The van der Waals surface area contributed by atoms with Gasteiger partial charge in [-0.25, -0.2) is 19.3 Å². The molecule has 138 valence electrons. The van der Waals surface area contributed by atoms with E-state index in [0.717, 1.165) is 24.8 Å². The van der Waals surface area contributed by atoms with E-state index in [0.29, 0.717) is 24.6 Å². The van der Waals surface area contributed by atoms with Crippen molar-refractivity contribution in [2.75, 3.05) is 6.54 Å². The third-order valence-electron chi connectivity index (χ3n) is 4.67. The van der Waals surface area contributed by atoms with Crippen LogP contribution in [-0.4, -0.2) is 32.3 Å². The number of oxazole rings is 1. The first kappa shape index (κ1) is 17.3. The number of carbonyl (C=O) groups is 1. The van der Waals surface area contributed by atoms with Crippen LogP contribution in [0.4, 0.5) is 4.39 Å². The number of rotatable bonds is 4. The number of likely N-dealkylation sites (tertiary alicyclic amines) is 1. The molecule has 4 rings (SSSR count). The van der Waals surface area contributed by atoms with Crippen LogP contribution in [0.25, 0.3) is 0 Å². The van der Waals surface area contributed by atoms with Crippen molar-refractivity contribution in [2.45, 2.75) is 31.7 Å². The predicted molar refractivity (Wildman–Crippen MR) is 95.4 cm³/mol. The van der Waals surface area contributed by atoms with Crippen molar-refractivity contribution in [1.82, 2.24) is 19.9 Å². The highest BCUT2D eigenvalue weighted by Crippen LogP contribution is 2.31. The highest BCUT2D eigenvalue weighted by Gasteiger charge is 2.33. The van der Waals surface area contributed by atoms with Crippen molar-refractivity contribution in [3.8, 4) is 0 Å². The topological polar surface area (TPSA) is 72.1 Å². The van der Waals surface area contributed by atoms with Gasteiger partial charge in [0.25, 0.3) is 5.91 Å². The maximum Gasteiger partial charge on any atom is 0.292 e. The minimum Gasteiger partial charge on any atom is -0.443 e. The second-order valence-corrected chi connectivity index (χ2v) is 6.55. The molecule has 0 spiro atoms. The molecule has 0 unspecified atom stereocenters. The summed E-state index contributed by atoms with van der Waals surface area (Å²) in [5, 5.41) is 0. The number of nitrogens with zero attached hydrogens (tertiary/aromatic N) is 4. The van der Waals surface area contributed by atoms with E-state index in [4.69, 9.17) is 4.42 Å². The fourth-order valence-corrected chi connectivity index (χ4v) is 3.33. The predicted octanol–water partition coefficient (Wildman–Crippen LogP) is 3.56. The summed E-state index contributed by atoms with van der Waals surface area (Å²) >= 11 is 0. The highest BCUT2D eigenvalue weighted by molar-refractivity contribution is 5.90. The summed E-state index contributed by atoms with van der Waals surface area (Å²) in [4.78, 5) is 27.1. The normalized spacial score (nSPS) is 17.1. The summed E-state index contributed by atoms with van der Waals surface area (Å²) in [6.45, 7) is 0.622. The van der Waals surface area contributed by atoms with Crippen molar-refractivity contribution in [2.24, 2.45) is 0 Å². The fraction of sp³-hybridized carbons (Fsp3) is 0.300. The van der Waals surface area contributed by atoms with Gasteiger partial charge in [0, 0.05) is 25.4 Å². The summed E-state index contributed by atoms with van der Waals surface area (Å²) in [6.07, 6.45) is 8.04. The minimum atomic E-state index is -0.267. The second kappa shape index (κ2) is 7.65. The van der Waals surface area contributed by atoms with Crippen LogP contribution in [0.1, 0.15) is 53.1 Å². The smallest absolute Gasteiger partial charge is 0.292 e. The number of hydrogen-bond acceptors (Lipinski definition) is 5. The van der Waals surface area contributed by atoms with E-state index in [1.165, 1.54) is 12.1 Å². The molecule has 0 radical (unpaired) electrons. The van der Waals surface area contributed by atoms with E-state index < -0.39 is 0 Å². The van der Waals surface area contributed by atoms with E-state index in [1.807, 2.05) is 0 Å². The quantitative estimate of drug-likeness (QED) is 0.706. The van der Waals surface area contributed by atoms with Gasteiger partial charge in [-0.15, -0.1) is 0 Å². The summed E-state index contributed by atoms with van der Waals surface area (Å²) < 4.78 is 19.0. The van der Waals surface area contributed by atoms with Gasteiger partial charge in [0.15, 0.2) is 0 Å². The first-order valence-corrected chi connectivity index (χ1v) is 8.98. The standard InChI is InChI=1S/C20H19FN4O2/c21-15-7-5-14(6-8-15)12-16-13-24-19(27-16)17-4-1-2-11-25(17)20(26)18-22-9-3-10-23-18/h3,5-10,13,17H,1-2,4,11-12H2/t17-/m0/s1. The molecule has 1 amide bonds. The summed E-state index contributed by atoms with van der Waals surface area (Å²) in [6, 6.07) is 7.75. The SMILES string of the molecule is O=C(c1ncccn1)N1CCCC[C@H]1c1ncc(Cc2ccc(F)cc2)o1. The van der Waals surface area contributed by atoms with Crippen LogP contribution >= 0.6 is 0 Å². The van der Waals surface area contributed by atoms with Crippen LogP contribution < -0.4 is 0 Å². The van der Waals surface area contributed by atoms with Crippen molar-refractivity contribution >= 4 is 5.91 Å². The lowest BCUT2D eigenvalue weighted by molar-refractivity contribution is 0.0557. The van der Waals surface area contributed by atoms with Crippen LogP contribution in [0.15, 0.2) is 53.3 Å². The molecule has 27 heavy (non-hydrogen) atoms. The lowest BCUT2D eigenvalue weighted by Crippen LogP contribution is -2.39. The van der Waals surface area contributed by atoms with E-state index in [1.54, 1.807) is 41.7 Å². The lowest BCUT2D eigenvalue weighted by Gasteiger charge is -2.33. The molecule has 0 N–H and O–H groups in total. The Morgan fingerprint density at radius 2 is 1.93 bits per heavy atom. The molecule has 1 aromatic carbocycles. The number of halogens is 1. The largest absolute Gasteiger partial charge is 0.443 e. The molecule has 1 saturated heterocycles. The van der Waals surface area contributed by atoms with Gasteiger partial charge in [0.05, 0.1) is 6.20 Å². The molecule has 2 aromatic heterocycles. The molecule has 3 heterocycles. The van der Waals surface area contributed by atoms with Gasteiger partial charge in [-0.2, -0.15) is 0 Å². The first-order valence-electron chi connectivity index (χ1n) is 8.98. The molecule has 3 aromatic rings. The Bertz CT molecular complexity index is 911. The molecule has 0 saturated carbocycles. The van der Waals surface area contributed by atoms with Crippen LogP contribution in [0.3, 0.4) is 0 Å². The van der Waals surface area contributed by atoms with Gasteiger partial charge >= 0.3 is 0 Å². The fourth-order valence-electron chi connectivity index (χ4n) is 3.33. The molecule has 1 fully saturated rings. The number of hydrogen-bond donors (Lipinski definition) is 0. The Hall–Kier alpha value is -3.09. The van der Waals surface area contributed by atoms with Crippen molar-refractivity contribution in [3.63, 3.8) is 0 Å². The lowest BCUT2D eigenvalue weighted by atomic mass is 10.0. The number of benzene rings is 1. The average Bonchev–Trinajstić information content (AvgIpc) is 3.18. The molecule has 6 nitrogen and oxygen atoms in total. The third kappa shape index (κ3) is 3.86. The zero-order chi connectivity index (χ0) is 18.6. The summed E-state index contributed by atoms with van der Waals surface area (Å²) in [7, 11) is 0. The summed E-state index contributed by atoms with van der Waals surface area (Å²) in [5.74, 6) is 0.916. The van der Waals surface area contributed by atoms with Crippen LogP contribution in [0, 0.1) is 5.82 Å². The Kier molecular flexibility index (Phi) is 4.91. The van der Waals surface area contributed by atoms with E-state index in [9.17, 15) is 9.18 Å². The average molecular weight is 366 g/mol. The monoisotopic (exact) mass is 366 g/mol. The van der Waals surface area contributed by atoms with E-state index >= 15 is 0 Å². The van der Waals surface area contributed by atoms with Crippen molar-refractivity contribution in [3.05, 3.63) is 77.8 Å². The number of aromatic nitrogens is 3. The van der Waals surface area contributed by atoms with Crippen molar-refractivity contribution in [1.29, 1.82) is 0 Å². The molecular weight excluding hydrogens is 347 g/mol. The van der Waals surface area contributed by atoms with Gasteiger partial charge < -0.3 is 9.32 Å². The maximum atomic E-state index is 13.0. The molecule has 7 heteroatoms. The third-order valence-corrected chi connectivity index (χ3v) is 4.67. The Morgan fingerprint density at radius 1 is 1.15 bits per heavy atom. The molecule has 1 aliphatic rings. The van der Waals surface area contributed by atoms with Gasteiger partial charge in [-0.05, 0) is 43.0 Å². The summed E-state index contributed by atoms with van der Waals surface area (Å²) in [5.41, 5.74) is 0.938. The van der Waals surface area contributed by atoms with Gasteiger partial charge in [0.1, 0.15) is 17.6 Å². The Balaban J connectivity index is 1.53. The van der Waals surface area contributed by atoms with Gasteiger partial charge in [-0.3, -0.25) is 4.79 Å². The van der Waals surface area contributed by atoms with Crippen molar-refractivity contribution < 1.29 is 13.6 Å². The van der Waals surface area contributed by atoms with Gasteiger partial charge in [0.2, 0.25) is 11.7 Å². The highest BCUT2D eigenvalue weighted by atomic mass is 19.1. The number of piperidine rings is 1. The van der Waals surface area contributed by atoms with Crippen LogP contribution in [-0.2, 0) is 6.42 Å². The van der Waals surface area contributed by atoms with E-state index in [-0.39, 0.29) is 23.6 Å². The van der Waals surface area contributed by atoms with Crippen LogP contribution in [0.5, 0.6) is 0 Å². The molecule has 0 aliphatic carbocycles. The molecule has 0 bridgehead atoms. The minimum absolute atomic E-state index is 0.183. The zero-order valence-corrected chi connectivity index (χ0v) is 14.7. The molecule has 1 aliphatic heterocycles. The van der Waals surface area contributed by atoms with Gasteiger partial charge in [-0.1, -0.05) is 12.1 Å². The van der Waals surface area contributed by atoms with Crippen LogP contribution in [0.2, 0.25) is 0 Å². The zero-order valence-electron chi connectivity index (χ0n) is 14.7. The molecular formula is C20H19FN4O2. The number of amides is 1. The van der Waals surface area contributed by atoms with E-state index in [2.05, 4.69) is 15.0 Å². The maximum absolute atomic E-state index is 13.0. The number of carbonyl (C=O) groups excluding carboxylic acids is 1. The molecule has 1 atom stereocenters. The first-order chi connectivity index (χ1) is 13.2. The Labute approximate surface area is 156 Å². The second-order valence-electron chi connectivity index (χ2n) is 6.55.